The van der Waals surface area contributed by atoms with E-state index >= 15 is 0 Å². The number of hydrogen-bond donors (Lipinski definition) is 2. The van der Waals surface area contributed by atoms with Crippen molar-refractivity contribution in [3.8, 4) is 0 Å². The molecule has 0 aromatic heterocycles. The van der Waals surface area contributed by atoms with Crippen molar-refractivity contribution in [2.24, 2.45) is 0 Å². The summed E-state index contributed by atoms with van der Waals surface area (Å²) >= 11 is 5.67. The van der Waals surface area contributed by atoms with Crippen molar-refractivity contribution in [1.82, 2.24) is 5.32 Å². The molecule has 0 radical (unpaired) electrons. The largest absolute Gasteiger partial charge is 0.480 e. The predicted molar refractivity (Wildman–Crippen MR) is 63.1 cm³/mol. The molecule has 0 bridgehead atoms. The number of carbonyl (C=O) groups is 2. The smallest absolute Gasteiger partial charge is 0.329 e. The molecule has 0 unspecified atom stereocenters. The summed E-state index contributed by atoms with van der Waals surface area (Å²) in [6, 6.07) is 3.84. The fraction of sp³-hybridized carbons (Fsp3) is 0.333. The van der Waals surface area contributed by atoms with E-state index in [1.807, 2.05) is 0 Å². The first kappa shape index (κ1) is 12.8. The first-order chi connectivity index (χ1) is 8.46. The number of rotatable bonds is 3. The number of carboxylic acids is 1. The topological polar surface area (TPSA) is 66.4 Å². The lowest BCUT2D eigenvalue weighted by Crippen LogP contribution is -2.59. The Morgan fingerprint density at radius 2 is 2.06 bits per heavy atom. The van der Waals surface area contributed by atoms with E-state index in [0.717, 1.165) is 12.5 Å². The van der Waals surface area contributed by atoms with E-state index in [2.05, 4.69) is 5.32 Å². The molecular weight excluding hydrogens is 261 g/mol. The third kappa shape index (κ3) is 2.06. The van der Waals surface area contributed by atoms with Crippen LogP contribution in [0, 0.1) is 5.82 Å². The summed E-state index contributed by atoms with van der Waals surface area (Å²) in [6.45, 7) is 0. The van der Waals surface area contributed by atoms with Gasteiger partial charge >= 0.3 is 5.97 Å². The number of amides is 1. The van der Waals surface area contributed by atoms with Gasteiger partial charge in [0.1, 0.15) is 11.4 Å². The Morgan fingerprint density at radius 3 is 2.56 bits per heavy atom. The van der Waals surface area contributed by atoms with Crippen LogP contribution >= 0.6 is 11.6 Å². The maximum atomic E-state index is 13.2. The van der Waals surface area contributed by atoms with Gasteiger partial charge in [-0.15, -0.1) is 0 Å². The van der Waals surface area contributed by atoms with Crippen molar-refractivity contribution in [1.29, 1.82) is 0 Å². The summed E-state index contributed by atoms with van der Waals surface area (Å²) in [5.41, 5.74) is -1.28. The second kappa shape index (κ2) is 4.57. The zero-order valence-electron chi connectivity index (χ0n) is 9.37. The first-order valence-electron chi connectivity index (χ1n) is 5.46. The van der Waals surface area contributed by atoms with E-state index in [0.29, 0.717) is 12.8 Å². The lowest BCUT2D eigenvalue weighted by Gasteiger charge is -2.38. The van der Waals surface area contributed by atoms with Crippen LogP contribution in [0.3, 0.4) is 0 Å². The molecule has 2 N–H and O–H groups in total. The van der Waals surface area contributed by atoms with Crippen molar-refractivity contribution in [3.05, 3.63) is 34.6 Å². The number of carbonyl (C=O) groups excluding carboxylic acids is 1. The van der Waals surface area contributed by atoms with Crippen molar-refractivity contribution in [2.45, 2.75) is 24.8 Å². The van der Waals surface area contributed by atoms with E-state index in [-0.39, 0.29) is 10.6 Å². The minimum atomic E-state index is -1.23. The van der Waals surface area contributed by atoms with Gasteiger partial charge in [0, 0.05) is 0 Å². The van der Waals surface area contributed by atoms with Crippen LogP contribution < -0.4 is 5.32 Å². The number of nitrogens with one attached hydrogen (secondary N) is 1. The molecule has 4 nitrogen and oxygen atoms in total. The second-order valence-corrected chi connectivity index (χ2v) is 4.67. The average molecular weight is 272 g/mol. The highest BCUT2D eigenvalue weighted by atomic mass is 35.5. The van der Waals surface area contributed by atoms with Gasteiger partial charge in [-0.2, -0.15) is 0 Å². The number of benzene rings is 1. The maximum absolute atomic E-state index is 13.2. The number of hydrogen-bond acceptors (Lipinski definition) is 2. The Kier molecular flexibility index (Phi) is 3.26. The van der Waals surface area contributed by atoms with E-state index in [9.17, 15) is 14.0 Å². The Balaban J connectivity index is 2.22. The van der Waals surface area contributed by atoms with Crippen LogP contribution in [0.25, 0.3) is 0 Å². The highest BCUT2D eigenvalue weighted by molar-refractivity contribution is 6.34. The van der Waals surface area contributed by atoms with Gasteiger partial charge in [-0.3, -0.25) is 4.79 Å². The quantitative estimate of drug-likeness (QED) is 0.886. The minimum absolute atomic E-state index is 0.0517. The van der Waals surface area contributed by atoms with Crippen LogP contribution in [-0.4, -0.2) is 22.5 Å². The van der Waals surface area contributed by atoms with Crippen LogP contribution in [0.1, 0.15) is 29.6 Å². The summed E-state index contributed by atoms with van der Waals surface area (Å²) in [6.07, 6.45) is 1.49. The van der Waals surface area contributed by atoms with Gasteiger partial charge in [0.05, 0.1) is 10.6 Å². The fourth-order valence-corrected chi connectivity index (χ4v) is 2.10. The molecular formula is C12H11ClFNO3. The molecule has 18 heavy (non-hydrogen) atoms. The zero-order valence-corrected chi connectivity index (χ0v) is 10.1. The summed E-state index contributed by atoms with van der Waals surface area (Å²) in [7, 11) is 0. The van der Waals surface area contributed by atoms with Crippen LogP contribution in [0.5, 0.6) is 0 Å². The Hall–Kier alpha value is -1.62. The van der Waals surface area contributed by atoms with E-state index in [1.54, 1.807) is 0 Å². The van der Waals surface area contributed by atoms with Gasteiger partial charge in [-0.25, -0.2) is 9.18 Å². The molecule has 1 aromatic rings. The number of carboxylic acid groups (broad SMARTS) is 1. The monoisotopic (exact) mass is 271 g/mol. The number of aliphatic carboxylic acids is 1. The summed E-state index contributed by atoms with van der Waals surface area (Å²) in [4.78, 5) is 23.0. The third-order valence-electron chi connectivity index (χ3n) is 3.17. The molecule has 0 saturated heterocycles. The number of halogens is 2. The Morgan fingerprint density at radius 1 is 1.39 bits per heavy atom. The van der Waals surface area contributed by atoms with Crippen LogP contribution in [-0.2, 0) is 4.79 Å². The van der Waals surface area contributed by atoms with Gasteiger partial charge in [-0.05, 0) is 31.4 Å². The van der Waals surface area contributed by atoms with Crippen molar-refractivity contribution in [2.75, 3.05) is 0 Å². The molecule has 96 valence electrons. The molecule has 1 saturated carbocycles. The molecule has 1 aromatic carbocycles. The van der Waals surface area contributed by atoms with Crippen molar-refractivity contribution >= 4 is 23.5 Å². The Labute approximate surface area is 108 Å². The SMILES string of the molecule is O=C(NC1(C(=O)O)CCC1)c1cccc(F)c1Cl. The maximum Gasteiger partial charge on any atom is 0.329 e. The molecule has 1 fully saturated rings. The molecule has 0 atom stereocenters. The molecule has 0 heterocycles. The predicted octanol–water partition coefficient (Wildman–Crippen LogP) is 2.22. The van der Waals surface area contributed by atoms with E-state index < -0.39 is 23.2 Å². The third-order valence-corrected chi connectivity index (χ3v) is 3.55. The second-order valence-electron chi connectivity index (χ2n) is 4.30. The van der Waals surface area contributed by atoms with Crippen LogP contribution in [0.15, 0.2) is 18.2 Å². The lowest BCUT2D eigenvalue weighted by atomic mass is 9.76. The molecule has 0 aliphatic heterocycles. The summed E-state index contributed by atoms with van der Waals surface area (Å²) in [5, 5.41) is 11.2. The fourth-order valence-electron chi connectivity index (χ4n) is 1.89. The van der Waals surface area contributed by atoms with E-state index in [1.165, 1.54) is 12.1 Å². The summed E-state index contributed by atoms with van der Waals surface area (Å²) < 4.78 is 13.2. The normalized spacial score (nSPS) is 16.8. The van der Waals surface area contributed by atoms with Gasteiger partial charge in [0.2, 0.25) is 0 Å². The van der Waals surface area contributed by atoms with Crippen molar-refractivity contribution < 1.29 is 19.1 Å². The summed E-state index contributed by atoms with van der Waals surface area (Å²) in [5.74, 6) is -2.45. The van der Waals surface area contributed by atoms with Gasteiger partial charge < -0.3 is 10.4 Å². The molecule has 2 rings (SSSR count). The van der Waals surface area contributed by atoms with Crippen molar-refractivity contribution in [3.63, 3.8) is 0 Å². The molecule has 0 spiro atoms. The average Bonchev–Trinajstić information content (AvgIpc) is 2.26. The molecule has 6 heteroatoms. The van der Waals surface area contributed by atoms with E-state index in [4.69, 9.17) is 16.7 Å². The molecule has 1 amide bonds. The first-order valence-corrected chi connectivity index (χ1v) is 5.84. The highest BCUT2D eigenvalue weighted by Gasteiger charge is 2.45. The van der Waals surface area contributed by atoms with Gasteiger partial charge in [-0.1, -0.05) is 17.7 Å². The minimum Gasteiger partial charge on any atom is -0.480 e. The lowest BCUT2D eigenvalue weighted by molar-refractivity contribution is -0.148. The Bertz CT molecular complexity index is 514. The van der Waals surface area contributed by atoms with Gasteiger partial charge in [0.25, 0.3) is 5.91 Å². The molecule has 1 aliphatic rings. The highest BCUT2D eigenvalue weighted by Crippen LogP contribution is 2.32. The molecule has 1 aliphatic carbocycles. The standard InChI is InChI=1S/C12H11ClFNO3/c13-9-7(3-1-4-8(9)14)10(16)15-12(11(17)18)5-2-6-12/h1,3-4H,2,5-6H2,(H,15,16)(H,17,18). The van der Waals surface area contributed by atoms with Gasteiger partial charge in [0.15, 0.2) is 0 Å². The van der Waals surface area contributed by atoms with Crippen LogP contribution in [0.2, 0.25) is 5.02 Å². The van der Waals surface area contributed by atoms with Crippen LogP contribution in [0.4, 0.5) is 4.39 Å². The zero-order chi connectivity index (χ0) is 13.3.